The van der Waals surface area contributed by atoms with Gasteiger partial charge >= 0.3 is 0 Å². The van der Waals surface area contributed by atoms with Crippen molar-refractivity contribution in [3.05, 3.63) is 48.3 Å². The lowest BCUT2D eigenvalue weighted by atomic mass is 10.2. The number of aryl methyl sites for hydroxylation is 2. The molecule has 0 amide bonds. The number of imidazole rings is 1. The molecule has 6 nitrogen and oxygen atoms in total. The van der Waals surface area contributed by atoms with E-state index in [1.165, 1.54) is 6.21 Å². The highest BCUT2D eigenvalue weighted by molar-refractivity contribution is 5.93. The van der Waals surface area contributed by atoms with E-state index in [1.807, 2.05) is 39.9 Å². The quantitative estimate of drug-likeness (QED) is 0.283. The van der Waals surface area contributed by atoms with Gasteiger partial charge in [0, 0.05) is 43.1 Å². The van der Waals surface area contributed by atoms with Crippen LogP contribution in [-0.2, 0) is 13.1 Å². The predicted octanol–water partition coefficient (Wildman–Crippen LogP) is 1.27. The van der Waals surface area contributed by atoms with Gasteiger partial charge in [0.2, 0.25) is 0 Å². The number of nitrogens with zero attached hydrogens (tertiary/aromatic N) is 4. The van der Waals surface area contributed by atoms with E-state index >= 15 is 0 Å². The van der Waals surface area contributed by atoms with Crippen molar-refractivity contribution >= 4 is 12.0 Å². The molecule has 6 heteroatoms. The number of hydrogen-bond donors (Lipinski definition) is 1. The van der Waals surface area contributed by atoms with Crippen LogP contribution < -0.4 is 4.57 Å². The molecule has 0 saturated heterocycles. The molecule has 0 unspecified atom stereocenters. The summed E-state index contributed by atoms with van der Waals surface area (Å²) in [6.07, 6.45) is 9.55. The summed E-state index contributed by atoms with van der Waals surface area (Å²) in [4.78, 5) is 15.2. The van der Waals surface area contributed by atoms with Crippen LogP contribution >= 0.6 is 0 Å². The van der Waals surface area contributed by atoms with E-state index in [1.54, 1.807) is 13.1 Å². The van der Waals surface area contributed by atoms with Gasteiger partial charge in [-0.15, -0.1) is 0 Å². The number of carbonyl (C=O) groups excluding carboxylic acids is 1. The van der Waals surface area contributed by atoms with Gasteiger partial charge in [0.15, 0.2) is 24.0 Å². The van der Waals surface area contributed by atoms with Gasteiger partial charge in [0.25, 0.3) is 0 Å². The topological polar surface area (TPSA) is 71.4 Å². The summed E-state index contributed by atoms with van der Waals surface area (Å²) in [6.45, 7) is 3.18. The third-order valence-electron chi connectivity index (χ3n) is 3.03. The summed E-state index contributed by atoms with van der Waals surface area (Å²) in [6, 6.07) is 3.65. The third-order valence-corrected chi connectivity index (χ3v) is 3.03. The minimum Gasteiger partial charge on any atom is -0.411 e. The minimum absolute atomic E-state index is 0.0727. The average molecular weight is 273 g/mol. The highest BCUT2D eigenvalue weighted by Crippen LogP contribution is 1.99. The zero-order valence-corrected chi connectivity index (χ0v) is 11.3. The Morgan fingerprint density at radius 2 is 2.25 bits per heavy atom. The standard InChI is InChI=1S/C14H16N4O2/c1-12(19)13-3-8-17(9-4-13)6-2-7-18-10-5-15-14(18)11-16-20/h3-5,8-11H,2,6-7H2,1H3/p+1. The van der Waals surface area contributed by atoms with Crippen LogP contribution in [0.25, 0.3) is 0 Å². The highest BCUT2D eigenvalue weighted by Gasteiger charge is 2.05. The second-order valence-electron chi connectivity index (χ2n) is 4.46. The summed E-state index contributed by atoms with van der Waals surface area (Å²) in [5.41, 5.74) is 0.720. The molecule has 2 aromatic rings. The van der Waals surface area contributed by atoms with Crippen LogP contribution in [0.5, 0.6) is 0 Å². The fraction of sp³-hybridized carbons (Fsp3) is 0.286. The van der Waals surface area contributed by atoms with Gasteiger partial charge in [-0.25, -0.2) is 9.55 Å². The maximum absolute atomic E-state index is 11.2. The first-order valence-corrected chi connectivity index (χ1v) is 6.39. The molecule has 0 radical (unpaired) electrons. The summed E-state index contributed by atoms with van der Waals surface area (Å²) in [5.74, 6) is 0.702. The molecule has 0 fully saturated rings. The van der Waals surface area contributed by atoms with Gasteiger partial charge < -0.3 is 9.77 Å². The van der Waals surface area contributed by atoms with Crippen LogP contribution in [0, 0.1) is 0 Å². The highest BCUT2D eigenvalue weighted by atomic mass is 16.4. The van der Waals surface area contributed by atoms with E-state index in [-0.39, 0.29) is 5.78 Å². The SMILES string of the molecule is CC(=O)c1cc[n+](CCCn2ccnc2/C=N/O)cc1. The van der Waals surface area contributed by atoms with Gasteiger partial charge in [-0.05, 0) is 6.92 Å². The molecule has 0 saturated carbocycles. The molecule has 0 spiro atoms. The minimum atomic E-state index is 0.0727. The molecule has 0 aliphatic carbocycles. The van der Waals surface area contributed by atoms with Crippen LogP contribution in [0.2, 0.25) is 0 Å². The van der Waals surface area contributed by atoms with Crippen molar-refractivity contribution in [3.63, 3.8) is 0 Å². The zero-order valence-electron chi connectivity index (χ0n) is 11.3. The van der Waals surface area contributed by atoms with Gasteiger partial charge in [0.1, 0.15) is 12.8 Å². The average Bonchev–Trinajstić information content (AvgIpc) is 2.87. The first-order chi connectivity index (χ1) is 9.70. The molecule has 104 valence electrons. The fourth-order valence-electron chi connectivity index (χ4n) is 1.95. The van der Waals surface area contributed by atoms with Crippen LogP contribution in [0.4, 0.5) is 0 Å². The lowest BCUT2D eigenvalue weighted by molar-refractivity contribution is -0.697. The van der Waals surface area contributed by atoms with Crippen molar-refractivity contribution in [2.45, 2.75) is 26.4 Å². The van der Waals surface area contributed by atoms with Crippen LogP contribution in [0.3, 0.4) is 0 Å². The van der Waals surface area contributed by atoms with Gasteiger partial charge in [-0.2, -0.15) is 0 Å². The van der Waals surface area contributed by atoms with Gasteiger partial charge in [-0.3, -0.25) is 4.79 Å². The monoisotopic (exact) mass is 273 g/mol. The maximum Gasteiger partial charge on any atom is 0.169 e. The lowest BCUT2D eigenvalue weighted by Crippen LogP contribution is -2.33. The molecule has 0 aliphatic heterocycles. The Morgan fingerprint density at radius 3 is 2.90 bits per heavy atom. The molecule has 2 heterocycles. The third kappa shape index (κ3) is 3.50. The molecule has 2 aromatic heterocycles. The number of ketones is 1. The van der Waals surface area contributed by atoms with Gasteiger partial charge in [0.05, 0.1) is 0 Å². The molecule has 1 N–H and O–H groups in total. The lowest BCUT2D eigenvalue weighted by Gasteiger charge is -2.03. The zero-order chi connectivity index (χ0) is 14.4. The van der Waals surface area contributed by atoms with Crippen molar-refractivity contribution in [2.75, 3.05) is 0 Å². The summed E-state index contributed by atoms with van der Waals surface area (Å²) >= 11 is 0. The van der Waals surface area contributed by atoms with E-state index in [0.29, 0.717) is 5.82 Å². The molecule has 0 atom stereocenters. The first-order valence-electron chi connectivity index (χ1n) is 6.39. The molecule has 0 aliphatic rings. The van der Waals surface area contributed by atoms with E-state index in [9.17, 15) is 4.79 Å². The molecular weight excluding hydrogens is 256 g/mol. The van der Waals surface area contributed by atoms with Crippen molar-refractivity contribution in [3.8, 4) is 0 Å². The Hall–Kier alpha value is -2.50. The van der Waals surface area contributed by atoms with E-state index in [0.717, 1.165) is 25.1 Å². The first kappa shape index (κ1) is 13.9. The van der Waals surface area contributed by atoms with E-state index < -0.39 is 0 Å². The van der Waals surface area contributed by atoms with Crippen LogP contribution in [-0.4, -0.2) is 26.8 Å². The van der Waals surface area contributed by atoms with Crippen molar-refractivity contribution in [1.29, 1.82) is 0 Å². The summed E-state index contributed by atoms with van der Waals surface area (Å²) < 4.78 is 3.95. The Labute approximate surface area is 117 Å². The Balaban J connectivity index is 1.89. The predicted molar refractivity (Wildman–Crippen MR) is 72.9 cm³/mol. The van der Waals surface area contributed by atoms with E-state index in [2.05, 4.69) is 10.1 Å². The second kappa shape index (κ2) is 6.60. The Morgan fingerprint density at radius 1 is 1.50 bits per heavy atom. The number of carbonyl (C=O) groups is 1. The number of Topliss-reactive ketones (excluding diaryl/α,β-unsaturated/α-hetero) is 1. The number of oxime groups is 1. The summed E-state index contributed by atoms with van der Waals surface area (Å²) in [7, 11) is 0. The fourth-order valence-corrected chi connectivity index (χ4v) is 1.95. The summed E-state index contributed by atoms with van der Waals surface area (Å²) in [5, 5.41) is 11.5. The Bertz CT molecular complexity index is 602. The normalized spacial score (nSPS) is 11.1. The van der Waals surface area contributed by atoms with Crippen LogP contribution in [0.1, 0.15) is 29.5 Å². The largest absolute Gasteiger partial charge is 0.411 e. The number of rotatable bonds is 6. The molecule has 0 bridgehead atoms. The molecular formula is C14H17N4O2+. The molecule has 2 rings (SSSR count). The van der Waals surface area contributed by atoms with E-state index in [4.69, 9.17) is 5.21 Å². The molecule has 20 heavy (non-hydrogen) atoms. The number of pyridine rings is 1. The Kier molecular flexibility index (Phi) is 4.60. The van der Waals surface area contributed by atoms with Crippen LogP contribution in [0.15, 0.2) is 42.1 Å². The molecule has 0 aromatic carbocycles. The van der Waals surface area contributed by atoms with Crippen molar-refractivity contribution in [1.82, 2.24) is 9.55 Å². The van der Waals surface area contributed by atoms with Crippen molar-refractivity contribution in [2.24, 2.45) is 5.16 Å². The maximum atomic E-state index is 11.2. The number of aromatic nitrogens is 3. The second-order valence-corrected chi connectivity index (χ2v) is 4.46. The number of hydrogen-bond acceptors (Lipinski definition) is 4. The van der Waals surface area contributed by atoms with Crippen molar-refractivity contribution < 1.29 is 14.6 Å². The smallest absolute Gasteiger partial charge is 0.169 e. The van der Waals surface area contributed by atoms with Gasteiger partial charge in [-0.1, -0.05) is 5.16 Å².